The van der Waals surface area contributed by atoms with Crippen LogP contribution in [-0.2, 0) is 5.54 Å². The van der Waals surface area contributed by atoms with Gasteiger partial charge in [-0.3, -0.25) is 10.2 Å². The lowest BCUT2D eigenvalue weighted by Crippen LogP contribution is -2.54. The summed E-state index contributed by atoms with van der Waals surface area (Å²) >= 11 is 0. The Kier molecular flexibility index (Phi) is 4.75. The van der Waals surface area contributed by atoms with Crippen molar-refractivity contribution in [1.82, 2.24) is 10.2 Å². The summed E-state index contributed by atoms with van der Waals surface area (Å²) in [5, 5.41) is 14.2. The summed E-state index contributed by atoms with van der Waals surface area (Å²) in [6.07, 6.45) is 3.67. The number of benzene rings is 2. The standard InChI is InChI=1S/C23H31N3O/c1-18-9-11-20(12-10-18)26-17-22(24-21(26)27)13-15-23(16-14-22,25(2)3)19-7-5-4-6-8-19/h4-12,21,24,27H,13-17H2,1-3H3. The predicted octanol–water partition coefficient (Wildman–Crippen LogP) is 3.45. The molecule has 2 aromatic carbocycles. The number of hydrogen-bond acceptors (Lipinski definition) is 4. The first kappa shape index (κ1) is 18.5. The van der Waals surface area contributed by atoms with Crippen LogP contribution >= 0.6 is 0 Å². The van der Waals surface area contributed by atoms with Crippen molar-refractivity contribution in [2.75, 3.05) is 25.5 Å². The summed E-state index contributed by atoms with van der Waals surface area (Å²) in [6.45, 7) is 2.95. The van der Waals surface area contributed by atoms with Gasteiger partial charge in [-0.1, -0.05) is 48.0 Å². The zero-order valence-electron chi connectivity index (χ0n) is 16.7. The highest BCUT2D eigenvalue weighted by molar-refractivity contribution is 5.50. The molecule has 1 aliphatic carbocycles. The fraction of sp³-hybridized carbons (Fsp3) is 0.478. The maximum absolute atomic E-state index is 10.7. The van der Waals surface area contributed by atoms with Crippen molar-refractivity contribution in [2.45, 2.75) is 50.0 Å². The second-order valence-electron chi connectivity index (χ2n) is 8.55. The lowest BCUT2D eigenvalue weighted by Gasteiger charge is -2.49. The molecular weight excluding hydrogens is 334 g/mol. The molecule has 1 spiro atoms. The average Bonchev–Trinajstić information content (AvgIpc) is 3.00. The summed E-state index contributed by atoms with van der Waals surface area (Å²) in [5.41, 5.74) is 3.80. The molecule has 1 saturated carbocycles. The number of rotatable bonds is 3. The van der Waals surface area contributed by atoms with E-state index in [9.17, 15) is 5.11 Å². The fourth-order valence-electron chi connectivity index (χ4n) is 4.97. The minimum Gasteiger partial charge on any atom is -0.361 e. The Hall–Kier alpha value is -1.88. The average molecular weight is 366 g/mol. The highest BCUT2D eigenvalue weighted by Gasteiger charge is 2.50. The molecule has 144 valence electrons. The van der Waals surface area contributed by atoms with Crippen molar-refractivity contribution < 1.29 is 5.11 Å². The van der Waals surface area contributed by atoms with Crippen molar-refractivity contribution in [1.29, 1.82) is 0 Å². The highest BCUT2D eigenvalue weighted by Crippen LogP contribution is 2.46. The van der Waals surface area contributed by atoms with Crippen molar-refractivity contribution in [3.8, 4) is 0 Å². The molecule has 0 amide bonds. The molecule has 1 aliphatic heterocycles. The largest absolute Gasteiger partial charge is 0.361 e. The number of aliphatic hydroxyl groups is 1. The van der Waals surface area contributed by atoms with Crippen LogP contribution in [0.5, 0.6) is 0 Å². The number of hydrogen-bond donors (Lipinski definition) is 2. The van der Waals surface area contributed by atoms with Gasteiger partial charge in [0.25, 0.3) is 0 Å². The first-order chi connectivity index (χ1) is 12.9. The van der Waals surface area contributed by atoms with Gasteiger partial charge in [-0.25, -0.2) is 0 Å². The number of nitrogens with zero attached hydrogens (tertiary/aromatic N) is 2. The molecule has 2 aliphatic rings. The molecule has 4 nitrogen and oxygen atoms in total. The van der Waals surface area contributed by atoms with Gasteiger partial charge >= 0.3 is 0 Å². The Balaban J connectivity index is 1.53. The summed E-state index contributed by atoms with van der Waals surface area (Å²) in [5.74, 6) is 0. The second-order valence-corrected chi connectivity index (χ2v) is 8.55. The molecule has 0 radical (unpaired) electrons. The molecular formula is C23H31N3O. The molecule has 4 rings (SSSR count). The molecule has 27 heavy (non-hydrogen) atoms. The SMILES string of the molecule is Cc1ccc(N2CC3(CCC(c4ccccc4)(N(C)C)CC3)NC2O)cc1. The first-order valence-electron chi connectivity index (χ1n) is 9.96. The van der Waals surface area contributed by atoms with E-state index in [0.29, 0.717) is 0 Å². The van der Waals surface area contributed by atoms with Crippen LogP contribution in [0.1, 0.15) is 36.8 Å². The van der Waals surface area contributed by atoms with Gasteiger partial charge in [0.15, 0.2) is 6.35 Å². The third kappa shape index (κ3) is 3.27. The van der Waals surface area contributed by atoms with E-state index >= 15 is 0 Å². The van der Waals surface area contributed by atoms with E-state index in [4.69, 9.17) is 0 Å². The lowest BCUT2D eigenvalue weighted by atomic mass is 9.69. The van der Waals surface area contributed by atoms with Gasteiger partial charge < -0.3 is 10.0 Å². The minimum absolute atomic E-state index is 0.0153. The monoisotopic (exact) mass is 365 g/mol. The zero-order chi connectivity index (χ0) is 19.1. The van der Waals surface area contributed by atoms with Crippen LogP contribution in [0, 0.1) is 6.92 Å². The Bertz CT molecular complexity index is 764. The zero-order valence-corrected chi connectivity index (χ0v) is 16.7. The van der Waals surface area contributed by atoms with Gasteiger partial charge in [-0.2, -0.15) is 0 Å². The quantitative estimate of drug-likeness (QED) is 0.874. The van der Waals surface area contributed by atoms with Gasteiger partial charge in [0.05, 0.1) is 0 Å². The predicted molar refractivity (Wildman–Crippen MR) is 111 cm³/mol. The fourth-order valence-corrected chi connectivity index (χ4v) is 4.97. The van der Waals surface area contributed by atoms with Crippen molar-refractivity contribution in [3.05, 3.63) is 65.7 Å². The van der Waals surface area contributed by atoms with Crippen molar-refractivity contribution in [3.63, 3.8) is 0 Å². The molecule has 1 unspecified atom stereocenters. The minimum atomic E-state index is -0.615. The molecule has 2 aromatic rings. The van der Waals surface area contributed by atoms with E-state index in [1.54, 1.807) is 0 Å². The normalized spacial score (nSPS) is 31.0. The Labute approximate surface area is 162 Å². The smallest absolute Gasteiger partial charge is 0.184 e. The van der Waals surface area contributed by atoms with Crippen molar-refractivity contribution >= 4 is 5.69 Å². The van der Waals surface area contributed by atoms with Crippen LogP contribution in [-0.4, -0.2) is 42.5 Å². The molecule has 1 saturated heterocycles. The molecule has 2 fully saturated rings. The van der Waals surface area contributed by atoms with Gasteiger partial charge in [0.1, 0.15) is 0 Å². The van der Waals surface area contributed by atoms with Crippen LogP contribution in [0.2, 0.25) is 0 Å². The maximum Gasteiger partial charge on any atom is 0.184 e. The molecule has 0 bridgehead atoms. The molecule has 4 heteroatoms. The Morgan fingerprint density at radius 3 is 2.19 bits per heavy atom. The second kappa shape index (κ2) is 6.93. The van der Waals surface area contributed by atoms with Gasteiger partial charge in [0, 0.05) is 23.3 Å². The van der Waals surface area contributed by atoms with Crippen molar-refractivity contribution in [2.24, 2.45) is 0 Å². The van der Waals surface area contributed by atoms with Crippen LogP contribution in [0.4, 0.5) is 5.69 Å². The van der Waals surface area contributed by atoms with Gasteiger partial charge in [-0.05, 0) is 64.4 Å². The first-order valence-corrected chi connectivity index (χ1v) is 9.96. The van der Waals surface area contributed by atoms with E-state index in [1.807, 2.05) is 0 Å². The topological polar surface area (TPSA) is 38.7 Å². The summed E-state index contributed by atoms with van der Waals surface area (Å²) in [4.78, 5) is 4.49. The molecule has 1 atom stereocenters. The highest BCUT2D eigenvalue weighted by atomic mass is 16.3. The Morgan fingerprint density at radius 2 is 1.59 bits per heavy atom. The van der Waals surface area contributed by atoms with E-state index in [0.717, 1.165) is 37.9 Å². The van der Waals surface area contributed by atoms with Crippen LogP contribution in [0.15, 0.2) is 54.6 Å². The number of anilines is 1. The number of aryl methyl sites for hydroxylation is 1. The lowest BCUT2D eigenvalue weighted by molar-refractivity contribution is 0.0513. The third-order valence-corrected chi connectivity index (χ3v) is 6.77. The van der Waals surface area contributed by atoms with Crippen LogP contribution in [0.25, 0.3) is 0 Å². The summed E-state index contributed by atoms with van der Waals surface area (Å²) in [7, 11) is 4.39. The van der Waals surface area contributed by atoms with Crippen LogP contribution < -0.4 is 10.2 Å². The maximum atomic E-state index is 10.7. The summed E-state index contributed by atoms with van der Waals surface area (Å²) in [6, 6.07) is 19.3. The molecule has 2 N–H and O–H groups in total. The van der Waals surface area contributed by atoms with Gasteiger partial charge in [-0.15, -0.1) is 0 Å². The molecule has 0 aromatic heterocycles. The third-order valence-electron chi connectivity index (χ3n) is 6.77. The molecule has 1 heterocycles. The summed E-state index contributed by atoms with van der Waals surface area (Å²) < 4.78 is 0. The van der Waals surface area contributed by atoms with E-state index in [1.165, 1.54) is 11.1 Å². The van der Waals surface area contributed by atoms with Gasteiger partial charge in [0.2, 0.25) is 0 Å². The van der Waals surface area contributed by atoms with Crippen LogP contribution in [0.3, 0.4) is 0 Å². The van der Waals surface area contributed by atoms with E-state index in [2.05, 4.69) is 90.7 Å². The number of nitrogens with one attached hydrogen (secondary N) is 1. The van der Waals surface area contributed by atoms with E-state index in [-0.39, 0.29) is 11.1 Å². The van der Waals surface area contributed by atoms with E-state index < -0.39 is 6.35 Å². The number of aliphatic hydroxyl groups excluding tert-OH is 1. The Morgan fingerprint density at radius 1 is 0.963 bits per heavy atom.